The highest BCUT2D eigenvalue weighted by atomic mass is 32.2. The van der Waals surface area contributed by atoms with E-state index in [1.54, 1.807) is 6.92 Å². The maximum absolute atomic E-state index is 12.5. The van der Waals surface area contributed by atoms with Gasteiger partial charge in [0.15, 0.2) is 5.16 Å². The molecule has 0 fully saturated rings. The fraction of sp³-hybridized carbons (Fsp3) is 0.190. The first-order valence-corrected chi connectivity index (χ1v) is 9.34. The molecule has 0 unspecified atom stereocenters. The van der Waals surface area contributed by atoms with Gasteiger partial charge in [-0.3, -0.25) is 4.79 Å². The standard InChI is InChI=1S/C21H20N2O2S/c1-3-25-20(24)19(17-12-8-5-9-13-17)26-21-22-15(2)14-18(23-21)16-10-6-4-7-11-16/h4-14,19H,3H2,1-2H3/t19-/m1/s1. The highest BCUT2D eigenvalue weighted by Gasteiger charge is 2.25. The second-order valence-corrected chi connectivity index (χ2v) is 6.78. The van der Waals surface area contributed by atoms with Gasteiger partial charge in [0.05, 0.1) is 12.3 Å². The summed E-state index contributed by atoms with van der Waals surface area (Å²) >= 11 is 1.32. The predicted molar refractivity (Wildman–Crippen MR) is 104 cm³/mol. The van der Waals surface area contributed by atoms with Crippen LogP contribution < -0.4 is 0 Å². The van der Waals surface area contributed by atoms with Gasteiger partial charge in [-0.05, 0) is 25.5 Å². The summed E-state index contributed by atoms with van der Waals surface area (Å²) in [6.45, 7) is 4.08. The molecule has 0 radical (unpaired) electrons. The lowest BCUT2D eigenvalue weighted by molar-refractivity contribution is -0.142. The molecule has 0 aliphatic rings. The van der Waals surface area contributed by atoms with E-state index >= 15 is 0 Å². The summed E-state index contributed by atoms with van der Waals surface area (Å²) in [5.74, 6) is -0.282. The van der Waals surface area contributed by atoms with Gasteiger partial charge in [-0.25, -0.2) is 9.97 Å². The first kappa shape index (κ1) is 18.1. The molecule has 1 heterocycles. The van der Waals surface area contributed by atoms with Crippen LogP contribution in [0.1, 0.15) is 23.4 Å². The van der Waals surface area contributed by atoms with Gasteiger partial charge >= 0.3 is 5.97 Å². The largest absolute Gasteiger partial charge is 0.465 e. The predicted octanol–water partition coefficient (Wildman–Crippen LogP) is 4.85. The highest BCUT2D eigenvalue weighted by molar-refractivity contribution is 8.00. The Morgan fingerprint density at radius 1 is 1.04 bits per heavy atom. The van der Waals surface area contributed by atoms with Gasteiger partial charge in [0.1, 0.15) is 5.25 Å². The lowest BCUT2D eigenvalue weighted by Gasteiger charge is -2.15. The van der Waals surface area contributed by atoms with Crippen molar-refractivity contribution >= 4 is 17.7 Å². The molecule has 2 aromatic carbocycles. The lowest BCUT2D eigenvalue weighted by Crippen LogP contribution is -2.14. The molecule has 0 aliphatic carbocycles. The summed E-state index contributed by atoms with van der Waals surface area (Å²) in [5, 5.41) is 0.0623. The maximum atomic E-state index is 12.5. The van der Waals surface area contributed by atoms with Gasteiger partial charge in [0.2, 0.25) is 0 Å². The zero-order valence-electron chi connectivity index (χ0n) is 14.8. The average Bonchev–Trinajstić information content (AvgIpc) is 2.67. The minimum absolute atomic E-state index is 0.282. The van der Waals surface area contributed by atoms with Crippen LogP contribution in [0.2, 0.25) is 0 Å². The molecule has 0 aliphatic heterocycles. The van der Waals surface area contributed by atoms with Crippen LogP contribution in [0.4, 0.5) is 0 Å². The normalized spacial score (nSPS) is 11.8. The van der Waals surface area contributed by atoms with Crippen molar-refractivity contribution in [1.29, 1.82) is 0 Å². The molecule has 3 aromatic rings. The number of carbonyl (C=O) groups excluding carboxylic acids is 1. The van der Waals surface area contributed by atoms with Gasteiger partial charge in [0.25, 0.3) is 0 Å². The number of nitrogens with zero attached hydrogens (tertiary/aromatic N) is 2. The van der Waals surface area contributed by atoms with Crippen molar-refractivity contribution in [3.8, 4) is 11.3 Å². The summed E-state index contributed by atoms with van der Waals surface area (Å²) in [6.07, 6.45) is 0. The maximum Gasteiger partial charge on any atom is 0.324 e. The van der Waals surface area contributed by atoms with Gasteiger partial charge in [0, 0.05) is 11.3 Å². The number of rotatable bonds is 6. The van der Waals surface area contributed by atoms with Gasteiger partial charge < -0.3 is 4.74 Å². The number of hydrogen-bond acceptors (Lipinski definition) is 5. The van der Waals surface area contributed by atoms with Crippen LogP contribution in [0.5, 0.6) is 0 Å². The number of aromatic nitrogens is 2. The first-order valence-electron chi connectivity index (χ1n) is 8.46. The van der Waals surface area contributed by atoms with E-state index in [1.165, 1.54) is 11.8 Å². The molecule has 132 valence electrons. The van der Waals surface area contributed by atoms with E-state index in [-0.39, 0.29) is 5.97 Å². The van der Waals surface area contributed by atoms with Crippen molar-refractivity contribution in [3.05, 3.63) is 78.0 Å². The number of esters is 1. The number of aryl methyl sites for hydroxylation is 1. The lowest BCUT2D eigenvalue weighted by atomic mass is 10.1. The van der Waals surface area contributed by atoms with Crippen molar-refractivity contribution in [2.45, 2.75) is 24.3 Å². The van der Waals surface area contributed by atoms with Crippen molar-refractivity contribution in [1.82, 2.24) is 9.97 Å². The summed E-state index contributed by atoms with van der Waals surface area (Å²) in [5.41, 5.74) is 3.60. The fourth-order valence-corrected chi connectivity index (χ4v) is 3.57. The summed E-state index contributed by atoms with van der Waals surface area (Å²) < 4.78 is 5.26. The van der Waals surface area contributed by atoms with E-state index in [0.717, 1.165) is 22.5 Å². The van der Waals surface area contributed by atoms with E-state index in [2.05, 4.69) is 9.97 Å². The minimum Gasteiger partial charge on any atom is -0.465 e. The van der Waals surface area contributed by atoms with E-state index in [9.17, 15) is 4.79 Å². The second-order valence-electron chi connectivity index (χ2n) is 5.70. The molecule has 0 saturated carbocycles. The van der Waals surface area contributed by atoms with E-state index in [4.69, 9.17) is 4.74 Å². The van der Waals surface area contributed by atoms with E-state index in [1.807, 2.05) is 73.7 Å². The molecule has 0 N–H and O–H groups in total. The molecule has 0 amide bonds. The Morgan fingerprint density at radius 2 is 1.69 bits per heavy atom. The van der Waals surface area contributed by atoms with Crippen molar-refractivity contribution in [3.63, 3.8) is 0 Å². The van der Waals surface area contributed by atoms with Crippen LogP contribution in [-0.4, -0.2) is 22.5 Å². The third kappa shape index (κ3) is 4.49. The van der Waals surface area contributed by atoms with Gasteiger partial charge in [-0.15, -0.1) is 0 Å². The Bertz CT molecular complexity index is 870. The van der Waals surface area contributed by atoms with Crippen LogP contribution in [0, 0.1) is 6.92 Å². The number of hydrogen-bond donors (Lipinski definition) is 0. The Hall–Kier alpha value is -2.66. The zero-order valence-corrected chi connectivity index (χ0v) is 15.6. The topological polar surface area (TPSA) is 52.1 Å². The van der Waals surface area contributed by atoms with Crippen molar-refractivity contribution in [2.75, 3.05) is 6.61 Å². The van der Waals surface area contributed by atoms with Crippen molar-refractivity contribution < 1.29 is 9.53 Å². The third-order valence-electron chi connectivity index (χ3n) is 3.73. The molecule has 0 spiro atoms. The quantitative estimate of drug-likeness (QED) is 0.356. The zero-order chi connectivity index (χ0) is 18.4. The van der Waals surface area contributed by atoms with Crippen LogP contribution in [0.15, 0.2) is 71.9 Å². The van der Waals surface area contributed by atoms with Crippen LogP contribution in [-0.2, 0) is 9.53 Å². The molecule has 4 nitrogen and oxygen atoms in total. The molecule has 0 saturated heterocycles. The second kappa shape index (κ2) is 8.63. The summed E-state index contributed by atoms with van der Waals surface area (Å²) in [4.78, 5) is 21.7. The molecule has 26 heavy (non-hydrogen) atoms. The van der Waals surface area contributed by atoms with Gasteiger partial charge in [-0.1, -0.05) is 72.4 Å². The highest BCUT2D eigenvalue weighted by Crippen LogP contribution is 2.35. The molecule has 5 heteroatoms. The van der Waals surface area contributed by atoms with Crippen molar-refractivity contribution in [2.24, 2.45) is 0 Å². The number of thioether (sulfide) groups is 1. The van der Waals surface area contributed by atoms with Crippen LogP contribution in [0.3, 0.4) is 0 Å². The molecule has 0 bridgehead atoms. The minimum atomic E-state index is -0.499. The van der Waals surface area contributed by atoms with Gasteiger partial charge in [-0.2, -0.15) is 0 Å². The average molecular weight is 364 g/mol. The molecular weight excluding hydrogens is 344 g/mol. The summed E-state index contributed by atoms with van der Waals surface area (Å²) in [6, 6.07) is 21.5. The summed E-state index contributed by atoms with van der Waals surface area (Å²) in [7, 11) is 0. The Morgan fingerprint density at radius 3 is 2.35 bits per heavy atom. The number of benzene rings is 2. The smallest absolute Gasteiger partial charge is 0.324 e. The third-order valence-corrected chi connectivity index (χ3v) is 4.82. The first-order chi connectivity index (χ1) is 12.7. The monoisotopic (exact) mass is 364 g/mol. The van der Waals surface area contributed by atoms with Crippen LogP contribution >= 0.6 is 11.8 Å². The molecular formula is C21H20N2O2S. The van der Waals surface area contributed by atoms with E-state index < -0.39 is 5.25 Å². The van der Waals surface area contributed by atoms with Crippen LogP contribution in [0.25, 0.3) is 11.3 Å². The fourth-order valence-electron chi connectivity index (χ4n) is 2.55. The van der Waals surface area contributed by atoms with E-state index in [0.29, 0.717) is 11.8 Å². The number of ether oxygens (including phenoxy) is 1. The molecule has 1 aromatic heterocycles. The molecule has 3 rings (SSSR count). The Balaban J connectivity index is 1.94. The Labute approximate surface area is 157 Å². The Kier molecular flexibility index (Phi) is 6.02. The number of carbonyl (C=O) groups is 1. The molecule has 1 atom stereocenters. The SMILES string of the molecule is CCOC(=O)[C@H](Sc1nc(C)cc(-c2ccccc2)n1)c1ccccc1.